The summed E-state index contributed by atoms with van der Waals surface area (Å²) in [5.74, 6) is 0.197. The van der Waals surface area contributed by atoms with Crippen LogP contribution in [0.5, 0.6) is 0 Å². The van der Waals surface area contributed by atoms with Gasteiger partial charge >= 0.3 is 0 Å². The number of rotatable bonds is 6. The van der Waals surface area contributed by atoms with Crippen molar-refractivity contribution >= 4 is 5.91 Å². The zero-order valence-corrected chi connectivity index (χ0v) is 15.9. The number of benzene rings is 1. The summed E-state index contributed by atoms with van der Waals surface area (Å²) in [6, 6.07) is 10.4. The summed E-state index contributed by atoms with van der Waals surface area (Å²) in [6.45, 7) is 8.11. The summed E-state index contributed by atoms with van der Waals surface area (Å²) in [6.07, 6.45) is 5.36. The maximum absolute atomic E-state index is 12.2. The van der Waals surface area contributed by atoms with Crippen molar-refractivity contribution in [2.24, 2.45) is 0 Å². The van der Waals surface area contributed by atoms with Crippen LogP contribution in [-0.2, 0) is 13.1 Å². The monoisotopic (exact) mass is 354 g/mol. The first-order valence-electron chi connectivity index (χ1n) is 9.75. The topological polar surface area (TPSA) is 61.0 Å². The second-order valence-electron chi connectivity index (χ2n) is 7.55. The molecule has 2 N–H and O–H groups in total. The van der Waals surface area contributed by atoms with Crippen molar-refractivity contribution in [2.75, 3.05) is 13.1 Å². The second kappa shape index (κ2) is 8.99. The van der Waals surface area contributed by atoms with Crippen LogP contribution in [0.3, 0.4) is 0 Å². The Morgan fingerprint density at radius 2 is 1.77 bits per heavy atom. The molecule has 140 valence electrons. The lowest BCUT2D eigenvalue weighted by Gasteiger charge is -2.19. The van der Waals surface area contributed by atoms with Gasteiger partial charge in [0.2, 0.25) is 0 Å². The molecule has 1 fully saturated rings. The number of H-pyrrole nitrogens is 1. The predicted octanol–water partition coefficient (Wildman–Crippen LogP) is 3.84. The number of nitrogens with zero attached hydrogens (tertiary/aromatic N) is 2. The van der Waals surface area contributed by atoms with E-state index in [-0.39, 0.29) is 5.91 Å². The summed E-state index contributed by atoms with van der Waals surface area (Å²) >= 11 is 0. The predicted molar refractivity (Wildman–Crippen MR) is 104 cm³/mol. The fourth-order valence-electron chi connectivity index (χ4n) is 3.34. The SMILES string of the molecule is CC(C)c1cc(C(=O)NCc2ccc(CN3CCCCCC3)cc2)n[nH]1. The van der Waals surface area contributed by atoms with E-state index in [4.69, 9.17) is 0 Å². The third-order valence-corrected chi connectivity index (χ3v) is 5.03. The average Bonchev–Trinajstić information content (AvgIpc) is 3.01. The van der Waals surface area contributed by atoms with Crippen LogP contribution >= 0.6 is 0 Å². The van der Waals surface area contributed by atoms with Gasteiger partial charge in [0.1, 0.15) is 5.69 Å². The fourth-order valence-corrected chi connectivity index (χ4v) is 3.34. The molecule has 5 nitrogen and oxygen atoms in total. The largest absolute Gasteiger partial charge is 0.347 e. The summed E-state index contributed by atoms with van der Waals surface area (Å²) < 4.78 is 0. The second-order valence-corrected chi connectivity index (χ2v) is 7.55. The number of hydrogen-bond acceptors (Lipinski definition) is 3. The average molecular weight is 354 g/mol. The highest BCUT2D eigenvalue weighted by Crippen LogP contribution is 2.14. The Morgan fingerprint density at radius 1 is 1.12 bits per heavy atom. The Morgan fingerprint density at radius 3 is 2.38 bits per heavy atom. The van der Waals surface area contributed by atoms with E-state index in [1.54, 1.807) is 0 Å². The number of amides is 1. The van der Waals surface area contributed by atoms with Crippen molar-refractivity contribution in [3.63, 3.8) is 0 Å². The van der Waals surface area contributed by atoms with Gasteiger partial charge in [0.05, 0.1) is 0 Å². The van der Waals surface area contributed by atoms with Crippen LogP contribution in [0.15, 0.2) is 30.3 Å². The number of hydrogen-bond donors (Lipinski definition) is 2. The van der Waals surface area contributed by atoms with Gasteiger partial charge in [-0.3, -0.25) is 14.8 Å². The normalized spacial score (nSPS) is 15.8. The quantitative estimate of drug-likeness (QED) is 0.828. The van der Waals surface area contributed by atoms with E-state index in [9.17, 15) is 4.79 Å². The van der Waals surface area contributed by atoms with Gasteiger partial charge in [0.25, 0.3) is 5.91 Å². The van der Waals surface area contributed by atoms with E-state index in [1.165, 1.54) is 44.3 Å². The van der Waals surface area contributed by atoms with Crippen LogP contribution in [0, 0.1) is 0 Å². The first kappa shape index (κ1) is 18.6. The number of likely N-dealkylation sites (tertiary alicyclic amines) is 1. The van der Waals surface area contributed by atoms with Gasteiger partial charge in [-0.05, 0) is 49.0 Å². The molecule has 2 aromatic rings. The van der Waals surface area contributed by atoms with Crippen molar-refractivity contribution in [2.45, 2.75) is 58.5 Å². The molecule has 0 bridgehead atoms. The van der Waals surface area contributed by atoms with E-state index in [2.05, 4.69) is 58.5 Å². The Bertz CT molecular complexity index is 697. The summed E-state index contributed by atoms with van der Waals surface area (Å²) in [4.78, 5) is 14.8. The molecule has 0 unspecified atom stereocenters. The molecule has 1 aliphatic rings. The van der Waals surface area contributed by atoms with Crippen molar-refractivity contribution in [3.8, 4) is 0 Å². The van der Waals surface area contributed by atoms with E-state index >= 15 is 0 Å². The maximum Gasteiger partial charge on any atom is 0.272 e. The molecule has 1 aromatic heterocycles. The van der Waals surface area contributed by atoms with Crippen LogP contribution in [0.25, 0.3) is 0 Å². The van der Waals surface area contributed by atoms with E-state index in [0.717, 1.165) is 17.8 Å². The molecule has 1 amide bonds. The molecule has 0 atom stereocenters. The molecule has 3 rings (SSSR count). The van der Waals surface area contributed by atoms with Gasteiger partial charge in [-0.25, -0.2) is 0 Å². The molecular formula is C21H30N4O. The standard InChI is InChI=1S/C21H30N4O/c1-16(2)19-13-20(24-23-19)21(26)22-14-17-7-9-18(10-8-17)15-25-11-5-3-4-6-12-25/h7-10,13,16H,3-6,11-12,14-15H2,1-2H3,(H,22,26)(H,23,24). The molecule has 0 aliphatic carbocycles. The first-order valence-corrected chi connectivity index (χ1v) is 9.75. The van der Waals surface area contributed by atoms with E-state index < -0.39 is 0 Å². The Hall–Kier alpha value is -2.14. The van der Waals surface area contributed by atoms with E-state index in [0.29, 0.717) is 18.2 Å². The zero-order valence-electron chi connectivity index (χ0n) is 15.9. The van der Waals surface area contributed by atoms with Gasteiger partial charge in [0.15, 0.2) is 0 Å². The number of carbonyl (C=O) groups excluding carboxylic acids is 1. The summed E-state index contributed by atoms with van der Waals surface area (Å²) in [5.41, 5.74) is 3.88. The molecule has 2 heterocycles. The molecular weight excluding hydrogens is 324 g/mol. The first-order chi connectivity index (χ1) is 12.6. The maximum atomic E-state index is 12.2. The minimum atomic E-state index is -0.137. The number of aromatic nitrogens is 2. The molecule has 1 aromatic carbocycles. The zero-order chi connectivity index (χ0) is 18.4. The lowest BCUT2D eigenvalue weighted by atomic mass is 10.1. The van der Waals surface area contributed by atoms with Gasteiger partial charge < -0.3 is 5.32 Å². The van der Waals surface area contributed by atoms with Crippen LogP contribution in [0.4, 0.5) is 0 Å². The molecule has 0 spiro atoms. The lowest BCUT2D eigenvalue weighted by molar-refractivity contribution is 0.0946. The van der Waals surface area contributed by atoms with Gasteiger partial charge in [-0.1, -0.05) is 51.0 Å². The van der Waals surface area contributed by atoms with Crippen LogP contribution in [-0.4, -0.2) is 34.1 Å². The van der Waals surface area contributed by atoms with Crippen molar-refractivity contribution < 1.29 is 4.79 Å². The summed E-state index contributed by atoms with van der Waals surface area (Å²) in [5, 5.41) is 9.96. The van der Waals surface area contributed by atoms with Crippen LogP contribution in [0.2, 0.25) is 0 Å². The molecule has 26 heavy (non-hydrogen) atoms. The highest BCUT2D eigenvalue weighted by Gasteiger charge is 2.12. The highest BCUT2D eigenvalue weighted by atomic mass is 16.1. The van der Waals surface area contributed by atoms with Crippen molar-refractivity contribution in [1.82, 2.24) is 20.4 Å². The van der Waals surface area contributed by atoms with Gasteiger partial charge in [0, 0.05) is 18.8 Å². The molecule has 5 heteroatoms. The Balaban J connectivity index is 1.49. The highest BCUT2D eigenvalue weighted by molar-refractivity contribution is 5.92. The van der Waals surface area contributed by atoms with Gasteiger partial charge in [-0.2, -0.15) is 5.10 Å². The Kier molecular flexibility index (Phi) is 6.45. The minimum absolute atomic E-state index is 0.137. The third kappa shape index (κ3) is 5.18. The van der Waals surface area contributed by atoms with Gasteiger partial charge in [-0.15, -0.1) is 0 Å². The molecule has 1 saturated heterocycles. The van der Waals surface area contributed by atoms with Crippen molar-refractivity contribution in [3.05, 3.63) is 52.8 Å². The third-order valence-electron chi connectivity index (χ3n) is 5.03. The minimum Gasteiger partial charge on any atom is -0.347 e. The van der Waals surface area contributed by atoms with E-state index in [1.807, 2.05) is 6.07 Å². The van der Waals surface area contributed by atoms with Crippen LogP contribution in [0.1, 0.15) is 72.8 Å². The fraction of sp³-hybridized carbons (Fsp3) is 0.524. The molecule has 0 radical (unpaired) electrons. The number of nitrogens with one attached hydrogen (secondary N) is 2. The molecule has 1 aliphatic heterocycles. The number of carbonyl (C=O) groups is 1. The smallest absolute Gasteiger partial charge is 0.272 e. The van der Waals surface area contributed by atoms with Crippen LogP contribution < -0.4 is 5.32 Å². The summed E-state index contributed by atoms with van der Waals surface area (Å²) in [7, 11) is 0. The lowest BCUT2D eigenvalue weighted by Crippen LogP contribution is -2.24. The number of aromatic amines is 1. The Labute approximate surface area is 156 Å². The van der Waals surface area contributed by atoms with Crippen molar-refractivity contribution in [1.29, 1.82) is 0 Å². The molecule has 0 saturated carbocycles.